The summed E-state index contributed by atoms with van der Waals surface area (Å²) in [5.74, 6) is 0.0479. The van der Waals surface area contributed by atoms with E-state index in [1.807, 2.05) is 0 Å². The minimum Gasteiger partial charge on any atom is -0.406 e. The lowest BCUT2D eigenvalue weighted by Crippen LogP contribution is -2.27. The Bertz CT molecular complexity index is 1430. The molecule has 0 fully saturated rings. The fourth-order valence-corrected chi connectivity index (χ4v) is 4.95. The van der Waals surface area contributed by atoms with Gasteiger partial charge in [0.25, 0.3) is 5.56 Å². The van der Waals surface area contributed by atoms with Crippen LogP contribution in [0, 0.1) is 0 Å². The molecule has 12 heteroatoms. The Morgan fingerprint density at radius 2 is 1.81 bits per heavy atom. The SMILES string of the molecule is CCCS(=O)(=O)c1cccc(Cn2cc(C3=CN(c4ccc(OC(F)(F)F)cc4)NO3)ccc2=O)c1. The van der Waals surface area contributed by atoms with E-state index in [1.165, 1.54) is 46.0 Å². The first kappa shape index (κ1) is 25.3. The van der Waals surface area contributed by atoms with E-state index in [9.17, 15) is 26.4 Å². The molecule has 1 aliphatic rings. The van der Waals surface area contributed by atoms with Gasteiger partial charge < -0.3 is 14.1 Å². The number of hydrogen-bond donors (Lipinski definition) is 1. The van der Waals surface area contributed by atoms with Gasteiger partial charge in [-0.3, -0.25) is 4.79 Å². The van der Waals surface area contributed by atoms with E-state index < -0.39 is 16.2 Å². The van der Waals surface area contributed by atoms with Gasteiger partial charge in [0.2, 0.25) is 0 Å². The average Bonchev–Trinajstić information content (AvgIpc) is 3.30. The van der Waals surface area contributed by atoms with Gasteiger partial charge in [0.15, 0.2) is 15.6 Å². The second-order valence-electron chi connectivity index (χ2n) is 7.95. The summed E-state index contributed by atoms with van der Waals surface area (Å²) in [5, 5.41) is 1.45. The topological polar surface area (TPSA) is 89.9 Å². The maximum atomic E-state index is 12.5. The van der Waals surface area contributed by atoms with Crippen molar-refractivity contribution in [3.63, 3.8) is 0 Å². The van der Waals surface area contributed by atoms with E-state index in [0.717, 1.165) is 0 Å². The summed E-state index contributed by atoms with van der Waals surface area (Å²) in [6, 6.07) is 14.6. The molecule has 1 aliphatic heterocycles. The van der Waals surface area contributed by atoms with E-state index in [-0.39, 0.29) is 28.5 Å². The molecule has 0 radical (unpaired) electrons. The van der Waals surface area contributed by atoms with Crippen molar-refractivity contribution in [3.05, 3.63) is 94.5 Å². The lowest BCUT2D eigenvalue weighted by Gasteiger charge is -2.14. The Balaban J connectivity index is 1.53. The van der Waals surface area contributed by atoms with E-state index in [4.69, 9.17) is 4.84 Å². The first-order valence-electron chi connectivity index (χ1n) is 10.9. The number of sulfone groups is 1. The fraction of sp³-hybridized carbons (Fsp3) is 0.208. The van der Waals surface area contributed by atoms with Gasteiger partial charge in [-0.05, 0) is 54.4 Å². The average molecular weight is 522 g/mol. The quantitative estimate of drug-likeness (QED) is 0.475. The number of hydrogen-bond acceptors (Lipinski definition) is 7. The fourth-order valence-electron chi connectivity index (χ4n) is 3.56. The number of nitrogens with zero attached hydrogens (tertiary/aromatic N) is 2. The first-order valence-corrected chi connectivity index (χ1v) is 12.5. The highest BCUT2D eigenvalue weighted by Gasteiger charge is 2.31. The molecular weight excluding hydrogens is 499 g/mol. The molecule has 2 heterocycles. The maximum absolute atomic E-state index is 12.5. The number of pyridine rings is 1. The van der Waals surface area contributed by atoms with Crippen LogP contribution in [-0.2, 0) is 21.2 Å². The van der Waals surface area contributed by atoms with Crippen molar-refractivity contribution in [2.75, 3.05) is 10.8 Å². The van der Waals surface area contributed by atoms with Crippen LogP contribution in [0.2, 0.25) is 0 Å². The van der Waals surface area contributed by atoms with Gasteiger partial charge in [-0.2, -0.15) is 0 Å². The molecule has 3 aromatic rings. The summed E-state index contributed by atoms with van der Waals surface area (Å²) in [6.07, 6.45) is -1.13. The second-order valence-corrected chi connectivity index (χ2v) is 10.1. The van der Waals surface area contributed by atoms with Gasteiger partial charge in [0.05, 0.1) is 29.1 Å². The zero-order valence-corrected chi connectivity index (χ0v) is 19.8. The van der Waals surface area contributed by atoms with Crippen LogP contribution in [0.5, 0.6) is 5.75 Å². The van der Waals surface area contributed by atoms with Crippen LogP contribution in [0.4, 0.5) is 18.9 Å². The Labute approximate surface area is 205 Å². The second kappa shape index (κ2) is 10.1. The summed E-state index contributed by atoms with van der Waals surface area (Å²) in [4.78, 5) is 18.1. The molecular formula is C24H22F3N3O5S. The Hall–Kier alpha value is -3.77. The first-order chi connectivity index (χ1) is 17.0. The minimum atomic E-state index is -4.78. The van der Waals surface area contributed by atoms with Gasteiger partial charge in [0.1, 0.15) is 5.75 Å². The molecule has 0 saturated carbocycles. The van der Waals surface area contributed by atoms with Crippen LogP contribution in [0.15, 0.2) is 82.8 Å². The number of ether oxygens (including phenoxy) is 1. The van der Waals surface area contributed by atoms with Gasteiger partial charge in [-0.1, -0.05) is 24.6 Å². The number of anilines is 1. The lowest BCUT2D eigenvalue weighted by atomic mass is 10.2. The maximum Gasteiger partial charge on any atom is 0.573 e. The predicted octanol–water partition coefficient (Wildman–Crippen LogP) is 4.23. The molecule has 1 aromatic heterocycles. The molecule has 0 unspecified atom stereocenters. The molecule has 36 heavy (non-hydrogen) atoms. The molecule has 2 aromatic carbocycles. The molecule has 1 N–H and O–H groups in total. The number of rotatable bonds is 8. The molecule has 0 bridgehead atoms. The summed E-state index contributed by atoms with van der Waals surface area (Å²) >= 11 is 0. The Kier molecular flexibility index (Phi) is 7.09. The van der Waals surface area contributed by atoms with Gasteiger partial charge in [0, 0.05) is 17.8 Å². The molecule has 0 spiro atoms. The monoisotopic (exact) mass is 521 g/mol. The van der Waals surface area contributed by atoms with Crippen LogP contribution in [-0.4, -0.2) is 25.1 Å². The summed E-state index contributed by atoms with van der Waals surface area (Å²) < 4.78 is 67.2. The van der Waals surface area contributed by atoms with E-state index in [2.05, 4.69) is 10.3 Å². The molecule has 0 saturated heterocycles. The zero-order valence-electron chi connectivity index (χ0n) is 19.0. The Morgan fingerprint density at radius 1 is 1.06 bits per heavy atom. The molecule has 0 atom stereocenters. The number of aromatic nitrogens is 1. The normalized spacial score (nSPS) is 13.9. The van der Waals surface area contributed by atoms with Crippen molar-refractivity contribution in [2.24, 2.45) is 0 Å². The summed E-state index contributed by atoms with van der Waals surface area (Å²) in [7, 11) is -3.39. The van der Waals surface area contributed by atoms with Crippen LogP contribution in [0.3, 0.4) is 0 Å². The van der Waals surface area contributed by atoms with Crippen LogP contribution in [0.25, 0.3) is 5.76 Å². The van der Waals surface area contributed by atoms with Crippen LogP contribution in [0.1, 0.15) is 24.5 Å². The van der Waals surface area contributed by atoms with Gasteiger partial charge in [-0.25, -0.2) is 13.4 Å². The van der Waals surface area contributed by atoms with Crippen molar-refractivity contribution < 1.29 is 31.2 Å². The molecule has 8 nitrogen and oxygen atoms in total. The highest BCUT2D eigenvalue weighted by Crippen LogP contribution is 2.28. The van der Waals surface area contributed by atoms with Crippen LogP contribution >= 0.6 is 0 Å². The number of nitrogens with one attached hydrogen (secondary N) is 1. The number of benzene rings is 2. The third kappa shape index (κ3) is 6.07. The highest BCUT2D eigenvalue weighted by molar-refractivity contribution is 7.91. The highest BCUT2D eigenvalue weighted by atomic mass is 32.2. The number of hydrazine groups is 1. The standard InChI is InChI=1S/C24H22F3N3O5S/c1-2-12-36(32,33)21-5-3-4-17(13-21)14-29-15-18(6-11-23(29)31)22-16-30(28-35-22)19-7-9-20(10-8-19)34-24(25,26)27/h3-11,13,15-16,28H,2,12,14H2,1H3. The van der Waals surface area contributed by atoms with E-state index >= 15 is 0 Å². The zero-order chi connectivity index (χ0) is 25.9. The summed E-state index contributed by atoms with van der Waals surface area (Å²) in [6.45, 7) is 1.94. The molecule has 4 rings (SSSR count). The van der Waals surface area contributed by atoms with Crippen LogP contribution < -0.4 is 20.9 Å². The predicted molar refractivity (Wildman–Crippen MR) is 126 cm³/mol. The van der Waals surface area contributed by atoms with Gasteiger partial charge in [-0.15, -0.1) is 13.2 Å². The number of halogens is 3. The molecule has 0 aliphatic carbocycles. The van der Waals surface area contributed by atoms with Crippen molar-refractivity contribution in [3.8, 4) is 5.75 Å². The minimum absolute atomic E-state index is 0.0406. The smallest absolute Gasteiger partial charge is 0.406 e. The van der Waals surface area contributed by atoms with E-state index in [0.29, 0.717) is 29.0 Å². The van der Waals surface area contributed by atoms with Gasteiger partial charge >= 0.3 is 6.36 Å². The van der Waals surface area contributed by atoms with Crippen molar-refractivity contribution in [1.29, 1.82) is 0 Å². The van der Waals surface area contributed by atoms with Crippen molar-refractivity contribution in [2.45, 2.75) is 31.1 Å². The van der Waals surface area contributed by atoms with Crippen molar-refractivity contribution in [1.82, 2.24) is 10.2 Å². The lowest BCUT2D eigenvalue weighted by molar-refractivity contribution is -0.274. The third-order valence-electron chi connectivity index (χ3n) is 5.20. The largest absolute Gasteiger partial charge is 0.573 e. The summed E-state index contributed by atoms with van der Waals surface area (Å²) in [5.41, 5.74) is 4.03. The van der Waals surface area contributed by atoms with E-state index in [1.54, 1.807) is 43.6 Å². The number of alkyl halides is 3. The third-order valence-corrected chi connectivity index (χ3v) is 7.12. The molecule has 0 amide bonds. The Morgan fingerprint density at radius 3 is 2.50 bits per heavy atom. The molecule has 190 valence electrons. The van der Waals surface area contributed by atoms with Crippen molar-refractivity contribution >= 4 is 21.3 Å².